The Morgan fingerprint density at radius 3 is 2.59 bits per heavy atom. The highest BCUT2D eigenvalue weighted by Gasteiger charge is 2.41. The molecule has 1 aliphatic heterocycles. The zero-order chi connectivity index (χ0) is 12.4. The van der Waals surface area contributed by atoms with Crippen LogP contribution in [0.2, 0.25) is 0 Å². The topological polar surface area (TPSA) is 83.6 Å². The third kappa shape index (κ3) is 2.44. The summed E-state index contributed by atoms with van der Waals surface area (Å²) < 4.78 is 0. The van der Waals surface area contributed by atoms with Crippen molar-refractivity contribution in [3.63, 3.8) is 0 Å². The minimum Gasteiger partial charge on any atom is -0.480 e. The van der Waals surface area contributed by atoms with E-state index < -0.39 is 12.0 Å². The summed E-state index contributed by atoms with van der Waals surface area (Å²) >= 11 is 0. The van der Waals surface area contributed by atoms with Crippen LogP contribution >= 0.6 is 0 Å². The van der Waals surface area contributed by atoms with Gasteiger partial charge in [-0.25, -0.2) is 4.79 Å². The molecule has 1 aliphatic carbocycles. The van der Waals surface area contributed by atoms with Crippen molar-refractivity contribution in [3.05, 3.63) is 0 Å². The molecule has 0 spiro atoms. The van der Waals surface area contributed by atoms with Gasteiger partial charge in [0.15, 0.2) is 0 Å². The van der Waals surface area contributed by atoms with E-state index >= 15 is 0 Å². The summed E-state index contributed by atoms with van der Waals surface area (Å²) in [7, 11) is 0. The van der Waals surface area contributed by atoms with Crippen LogP contribution in [0.15, 0.2) is 0 Å². The van der Waals surface area contributed by atoms with Crippen LogP contribution in [0.5, 0.6) is 0 Å². The number of nitrogens with two attached hydrogens (primary N) is 1. The van der Waals surface area contributed by atoms with E-state index in [1.54, 1.807) is 4.90 Å². The molecule has 0 aromatic heterocycles. The lowest BCUT2D eigenvalue weighted by molar-refractivity contribution is -0.150. The van der Waals surface area contributed by atoms with E-state index in [0.29, 0.717) is 19.5 Å². The Morgan fingerprint density at radius 1 is 1.47 bits per heavy atom. The third-order valence-corrected chi connectivity index (χ3v) is 4.01. The van der Waals surface area contributed by atoms with Crippen LogP contribution < -0.4 is 5.73 Å². The molecule has 0 aromatic carbocycles. The van der Waals surface area contributed by atoms with Gasteiger partial charge in [-0.05, 0) is 31.2 Å². The summed E-state index contributed by atoms with van der Waals surface area (Å²) in [5.41, 5.74) is 5.56. The monoisotopic (exact) mass is 240 g/mol. The summed E-state index contributed by atoms with van der Waals surface area (Å²) in [5, 5.41) is 9.35. The van der Waals surface area contributed by atoms with Crippen molar-refractivity contribution >= 4 is 11.9 Å². The van der Waals surface area contributed by atoms with E-state index in [0.717, 1.165) is 25.7 Å². The van der Waals surface area contributed by atoms with Crippen molar-refractivity contribution in [1.82, 2.24) is 4.90 Å². The van der Waals surface area contributed by atoms with Gasteiger partial charge in [-0.3, -0.25) is 4.79 Å². The standard InChI is InChI=1S/C12H20N2O3/c13-6-8-5-10(15)14(7-8)11(12(16)17)9-3-1-2-4-9/h8-9,11H,1-7,13H2,(H,16,17). The van der Waals surface area contributed by atoms with Crippen molar-refractivity contribution in [2.24, 2.45) is 17.6 Å². The highest BCUT2D eigenvalue weighted by atomic mass is 16.4. The zero-order valence-electron chi connectivity index (χ0n) is 9.97. The van der Waals surface area contributed by atoms with E-state index in [2.05, 4.69) is 0 Å². The molecule has 5 nitrogen and oxygen atoms in total. The second kappa shape index (κ2) is 5.04. The van der Waals surface area contributed by atoms with Gasteiger partial charge in [-0.2, -0.15) is 0 Å². The number of hydrogen-bond acceptors (Lipinski definition) is 3. The first-order chi connectivity index (χ1) is 8.13. The minimum absolute atomic E-state index is 0.0419. The summed E-state index contributed by atoms with van der Waals surface area (Å²) in [6.07, 6.45) is 4.42. The van der Waals surface area contributed by atoms with Crippen molar-refractivity contribution in [2.45, 2.75) is 38.1 Å². The summed E-state index contributed by atoms with van der Waals surface area (Å²) in [5.74, 6) is -0.638. The lowest BCUT2D eigenvalue weighted by atomic mass is 9.97. The van der Waals surface area contributed by atoms with E-state index in [9.17, 15) is 14.7 Å². The first-order valence-corrected chi connectivity index (χ1v) is 6.35. The Bertz CT molecular complexity index is 313. The molecule has 1 amide bonds. The smallest absolute Gasteiger partial charge is 0.326 e. The van der Waals surface area contributed by atoms with E-state index in [1.165, 1.54) is 0 Å². The summed E-state index contributed by atoms with van der Waals surface area (Å²) in [6, 6.07) is -0.624. The molecule has 1 saturated heterocycles. The molecule has 0 bridgehead atoms. The Hall–Kier alpha value is -1.10. The molecule has 2 unspecified atom stereocenters. The Balaban J connectivity index is 2.10. The molecule has 2 atom stereocenters. The number of aliphatic carboxylic acids is 1. The molecule has 3 N–H and O–H groups in total. The number of rotatable bonds is 4. The maximum absolute atomic E-state index is 11.9. The lowest BCUT2D eigenvalue weighted by Crippen LogP contribution is -2.46. The van der Waals surface area contributed by atoms with Gasteiger partial charge in [-0.1, -0.05) is 12.8 Å². The van der Waals surface area contributed by atoms with Crippen molar-refractivity contribution < 1.29 is 14.7 Å². The number of carboxylic acids is 1. The summed E-state index contributed by atoms with van der Waals surface area (Å²) in [6.45, 7) is 0.974. The van der Waals surface area contributed by atoms with Crippen LogP contribution in [0, 0.1) is 11.8 Å². The van der Waals surface area contributed by atoms with Crippen LogP contribution in [0.4, 0.5) is 0 Å². The fourth-order valence-electron chi connectivity index (χ4n) is 3.10. The molecule has 1 saturated carbocycles. The molecule has 96 valence electrons. The number of carbonyl (C=O) groups excluding carboxylic acids is 1. The van der Waals surface area contributed by atoms with Crippen molar-refractivity contribution in [3.8, 4) is 0 Å². The average molecular weight is 240 g/mol. The zero-order valence-corrected chi connectivity index (χ0v) is 9.97. The number of carboxylic acid groups (broad SMARTS) is 1. The van der Waals surface area contributed by atoms with Crippen molar-refractivity contribution in [1.29, 1.82) is 0 Å². The second-order valence-electron chi connectivity index (χ2n) is 5.18. The van der Waals surface area contributed by atoms with Gasteiger partial charge in [0.1, 0.15) is 6.04 Å². The van der Waals surface area contributed by atoms with Gasteiger partial charge < -0.3 is 15.7 Å². The Kier molecular flexibility index (Phi) is 3.66. The average Bonchev–Trinajstić information content (AvgIpc) is 2.89. The predicted molar refractivity (Wildman–Crippen MR) is 62.3 cm³/mol. The number of nitrogens with zero attached hydrogens (tertiary/aromatic N) is 1. The van der Waals surface area contributed by atoms with Gasteiger partial charge in [0.2, 0.25) is 5.91 Å². The molecule has 5 heteroatoms. The SMILES string of the molecule is NCC1CC(=O)N(C(C(=O)O)C2CCCC2)C1. The van der Waals surface area contributed by atoms with Crippen LogP contribution in [0.3, 0.4) is 0 Å². The fraction of sp³-hybridized carbons (Fsp3) is 0.833. The normalized spacial score (nSPS) is 27.7. The number of hydrogen-bond donors (Lipinski definition) is 2. The molecule has 17 heavy (non-hydrogen) atoms. The number of likely N-dealkylation sites (tertiary alicyclic amines) is 1. The predicted octanol–water partition coefficient (Wildman–Crippen LogP) is 0.437. The molecule has 1 heterocycles. The van der Waals surface area contributed by atoms with E-state index in [4.69, 9.17) is 5.73 Å². The highest BCUT2D eigenvalue weighted by Crippen LogP contribution is 2.33. The summed E-state index contributed by atoms with van der Waals surface area (Å²) in [4.78, 5) is 24.8. The molecular formula is C12H20N2O3. The van der Waals surface area contributed by atoms with Crippen LogP contribution in [-0.2, 0) is 9.59 Å². The van der Waals surface area contributed by atoms with Gasteiger partial charge in [0, 0.05) is 13.0 Å². The third-order valence-electron chi connectivity index (χ3n) is 4.01. The Morgan fingerprint density at radius 2 is 2.12 bits per heavy atom. The van der Waals surface area contributed by atoms with Gasteiger partial charge >= 0.3 is 5.97 Å². The maximum Gasteiger partial charge on any atom is 0.326 e. The maximum atomic E-state index is 11.9. The molecule has 2 fully saturated rings. The van der Waals surface area contributed by atoms with Crippen molar-refractivity contribution in [2.75, 3.05) is 13.1 Å². The Labute approximate surface area is 101 Å². The van der Waals surface area contributed by atoms with E-state index in [-0.39, 0.29) is 17.7 Å². The second-order valence-corrected chi connectivity index (χ2v) is 5.18. The molecule has 2 aliphatic rings. The number of amides is 1. The van der Waals surface area contributed by atoms with E-state index in [1.807, 2.05) is 0 Å². The van der Waals surface area contributed by atoms with Crippen LogP contribution in [-0.4, -0.2) is 41.0 Å². The minimum atomic E-state index is -0.858. The largest absolute Gasteiger partial charge is 0.480 e. The number of carbonyl (C=O) groups is 2. The fourth-order valence-corrected chi connectivity index (χ4v) is 3.10. The van der Waals surface area contributed by atoms with Crippen LogP contribution in [0.1, 0.15) is 32.1 Å². The molecule has 2 rings (SSSR count). The molecular weight excluding hydrogens is 220 g/mol. The van der Waals surface area contributed by atoms with Gasteiger partial charge in [-0.15, -0.1) is 0 Å². The first-order valence-electron chi connectivity index (χ1n) is 6.35. The van der Waals surface area contributed by atoms with Gasteiger partial charge in [0.05, 0.1) is 0 Å². The quantitative estimate of drug-likeness (QED) is 0.746. The van der Waals surface area contributed by atoms with Crippen LogP contribution in [0.25, 0.3) is 0 Å². The first kappa shape index (κ1) is 12.4. The molecule has 0 radical (unpaired) electrons. The lowest BCUT2D eigenvalue weighted by Gasteiger charge is -2.29. The highest BCUT2D eigenvalue weighted by molar-refractivity contribution is 5.85. The molecule has 0 aromatic rings. The van der Waals surface area contributed by atoms with Gasteiger partial charge in [0.25, 0.3) is 0 Å².